The average Bonchev–Trinajstić information content (AvgIpc) is 2.90. The molecule has 1 fully saturated rings. The van der Waals surface area contributed by atoms with Crippen LogP contribution in [0.3, 0.4) is 0 Å². The average molecular weight is 258 g/mol. The fourth-order valence-electron chi connectivity index (χ4n) is 2.31. The van der Waals surface area contributed by atoms with Gasteiger partial charge in [-0.2, -0.15) is 0 Å². The molecular formula is C14H14N2OS. The highest BCUT2D eigenvalue weighted by Gasteiger charge is 2.22. The summed E-state index contributed by atoms with van der Waals surface area (Å²) in [7, 11) is 0. The van der Waals surface area contributed by atoms with Gasteiger partial charge in [0, 0.05) is 42.1 Å². The van der Waals surface area contributed by atoms with E-state index in [1.54, 1.807) is 17.5 Å². The van der Waals surface area contributed by atoms with E-state index in [-0.39, 0.29) is 0 Å². The summed E-state index contributed by atoms with van der Waals surface area (Å²) in [6.45, 7) is 0. The van der Waals surface area contributed by atoms with E-state index in [4.69, 9.17) is 4.98 Å². The fraction of sp³-hybridized carbons (Fsp3) is 0.357. The molecule has 18 heavy (non-hydrogen) atoms. The molecule has 4 heteroatoms. The maximum atomic E-state index is 11.2. The van der Waals surface area contributed by atoms with Crippen LogP contribution in [-0.4, -0.2) is 15.8 Å². The summed E-state index contributed by atoms with van der Waals surface area (Å²) in [4.78, 5) is 20.1. The van der Waals surface area contributed by atoms with Gasteiger partial charge in [0.2, 0.25) is 0 Å². The molecule has 2 aromatic rings. The molecule has 3 nitrogen and oxygen atoms in total. The molecule has 0 amide bonds. The molecule has 0 N–H and O–H groups in total. The third-order valence-electron chi connectivity index (χ3n) is 3.37. The van der Waals surface area contributed by atoms with Gasteiger partial charge in [0.05, 0.1) is 10.7 Å². The van der Waals surface area contributed by atoms with Crippen molar-refractivity contribution in [1.82, 2.24) is 9.97 Å². The van der Waals surface area contributed by atoms with E-state index in [0.717, 1.165) is 24.1 Å². The molecule has 0 aromatic carbocycles. The molecule has 2 heterocycles. The lowest BCUT2D eigenvalue weighted by Crippen LogP contribution is -2.12. The van der Waals surface area contributed by atoms with Crippen molar-refractivity contribution in [2.75, 3.05) is 0 Å². The van der Waals surface area contributed by atoms with Gasteiger partial charge in [0.15, 0.2) is 0 Å². The van der Waals surface area contributed by atoms with Gasteiger partial charge < -0.3 is 0 Å². The van der Waals surface area contributed by atoms with E-state index in [1.807, 2.05) is 18.3 Å². The zero-order chi connectivity index (χ0) is 12.4. The highest BCUT2D eigenvalue weighted by atomic mass is 32.1. The molecular weight excluding hydrogens is 244 g/mol. The van der Waals surface area contributed by atoms with Crippen LogP contribution >= 0.6 is 11.3 Å². The highest BCUT2D eigenvalue weighted by molar-refractivity contribution is 7.10. The lowest BCUT2D eigenvalue weighted by molar-refractivity contribution is -0.120. The number of carbonyl (C=O) groups is 1. The Morgan fingerprint density at radius 2 is 2.11 bits per heavy atom. The zero-order valence-electron chi connectivity index (χ0n) is 10.0. The zero-order valence-corrected chi connectivity index (χ0v) is 10.8. The van der Waals surface area contributed by atoms with Gasteiger partial charge in [-0.1, -0.05) is 0 Å². The molecule has 0 aliphatic heterocycles. The van der Waals surface area contributed by atoms with E-state index >= 15 is 0 Å². The van der Waals surface area contributed by atoms with Crippen LogP contribution in [0.5, 0.6) is 0 Å². The monoisotopic (exact) mass is 258 g/mol. The van der Waals surface area contributed by atoms with Crippen molar-refractivity contribution in [1.29, 1.82) is 0 Å². The van der Waals surface area contributed by atoms with Gasteiger partial charge in [-0.3, -0.25) is 9.78 Å². The van der Waals surface area contributed by atoms with Gasteiger partial charge >= 0.3 is 0 Å². The summed E-state index contributed by atoms with van der Waals surface area (Å²) >= 11 is 1.70. The van der Waals surface area contributed by atoms with Crippen LogP contribution in [-0.2, 0) is 4.79 Å². The maximum Gasteiger partial charge on any atom is 0.132 e. The van der Waals surface area contributed by atoms with Crippen LogP contribution in [0.1, 0.15) is 36.6 Å². The Morgan fingerprint density at radius 3 is 2.83 bits per heavy atom. The molecule has 1 saturated carbocycles. The van der Waals surface area contributed by atoms with Crippen molar-refractivity contribution < 1.29 is 4.79 Å². The van der Waals surface area contributed by atoms with Crippen LogP contribution in [0.15, 0.2) is 29.9 Å². The van der Waals surface area contributed by atoms with Gasteiger partial charge in [0.1, 0.15) is 5.78 Å². The number of carbonyl (C=O) groups excluding carboxylic acids is 1. The second kappa shape index (κ2) is 4.98. The van der Waals surface area contributed by atoms with Crippen molar-refractivity contribution in [2.24, 2.45) is 0 Å². The quantitative estimate of drug-likeness (QED) is 0.828. The number of aromatic nitrogens is 2. The van der Waals surface area contributed by atoms with Gasteiger partial charge in [0.25, 0.3) is 0 Å². The Balaban J connectivity index is 1.80. The Morgan fingerprint density at radius 1 is 1.28 bits per heavy atom. The number of rotatable bonds is 2. The molecule has 3 rings (SSSR count). The minimum Gasteiger partial charge on any atom is -0.300 e. The third kappa shape index (κ3) is 2.34. The number of thiazole rings is 1. The van der Waals surface area contributed by atoms with Crippen molar-refractivity contribution >= 4 is 17.1 Å². The van der Waals surface area contributed by atoms with Crippen LogP contribution in [0.4, 0.5) is 0 Å². The number of ketones is 1. The Kier molecular flexibility index (Phi) is 3.19. The van der Waals surface area contributed by atoms with Crippen LogP contribution in [0, 0.1) is 0 Å². The van der Waals surface area contributed by atoms with Crippen molar-refractivity contribution in [3.8, 4) is 11.3 Å². The van der Waals surface area contributed by atoms with E-state index in [2.05, 4.69) is 10.4 Å². The van der Waals surface area contributed by atoms with E-state index in [1.165, 1.54) is 5.01 Å². The summed E-state index contributed by atoms with van der Waals surface area (Å²) in [6.07, 6.45) is 6.95. The van der Waals surface area contributed by atoms with Gasteiger partial charge in [-0.05, 0) is 25.0 Å². The molecule has 0 spiro atoms. The number of hydrogen-bond donors (Lipinski definition) is 0. The molecule has 0 saturated heterocycles. The summed E-state index contributed by atoms with van der Waals surface area (Å²) in [5.41, 5.74) is 2.06. The van der Waals surface area contributed by atoms with Crippen molar-refractivity contribution in [2.45, 2.75) is 31.6 Å². The Labute approximate surface area is 110 Å². The second-order valence-electron chi connectivity index (χ2n) is 4.63. The number of Topliss-reactive ketones (excluding diaryl/α,β-unsaturated/α-hetero) is 1. The van der Waals surface area contributed by atoms with Crippen LogP contribution in [0.2, 0.25) is 0 Å². The smallest absolute Gasteiger partial charge is 0.132 e. The minimum atomic E-state index is 0.398. The summed E-state index contributed by atoms with van der Waals surface area (Å²) in [6, 6.07) is 3.95. The van der Waals surface area contributed by atoms with Gasteiger partial charge in [-0.15, -0.1) is 11.3 Å². The number of hydrogen-bond acceptors (Lipinski definition) is 4. The molecule has 92 valence electrons. The third-order valence-corrected chi connectivity index (χ3v) is 4.38. The molecule has 1 aliphatic rings. The molecule has 0 radical (unpaired) electrons. The van der Waals surface area contributed by atoms with Crippen molar-refractivity contribution in [3.63, 3.8) is 0 Å². The van der Waals surface area contributed by atoms with E-state index in [9.17, 15) is 4.79 Å². The summed E-state index contributed by atoms with van der Waals surface area (Å²) in [5, 5.41) is 3.25. The Bertz CT molecular complexity index is 540. The minimum absolute atomic E-state index is 0.398. The van der Waals surface area contributed by atoms with Crippen LogP contribution in [0.25, 0.3) is 11.3 Å². The summed E-state index contributed by atoms with van der Waals surface area (Å²) in [5.74, 6) is 0.869. The molecule has 0 unspecified atom stereocenters. The SMILES string of the molecule is O=C1CCC(c2nc(-c3cccnc3)cs2)CC1. The van der Waals surface area contributed by atoms with Crippen LogP contribution < -0.4 is 0 Å². The largest absolute Gasteiger partial charge is 0.300 e. The molecule has 0 atom stereocenters. The fourth-order valence-corrected chi connectivity index (χ4v) is 3.31. The van der Waals surface area contributed by atoms with E-state index < -0.39 is 0 Å². The first-order valence-electron chi connectivity index (χ1n) is 6.20. The van der Waals surface area contributed by atoms with Gasteiger partial charge in [-0.25, -0.2) is 4.98 Å². The maximum absolute atomic E-state index is 11.2. The topological polar surface area (TPSA) is 42.9 Å². The summed E-state index contributed by atoms with van der Waals surface area (Å²) < 4.78 is 0. The standard InChI is InChI=1S/C14H14N2OS/c17-12-5-3-10(4-6-12)14-16-13(9-18-14)11-2-1-7-15-8-11/h1-2,7-10H,3-6H2. The molecule has 2 aromatic heterocycles. The number of pyridine rings is 1. The lowest BCUT2D eigenvalue weighted by atomic mass is 9.89. The first-order valence-corrected chi connectivity index (χ1v) is 7.08. The normalized spacial score (nSPS) is 17.0. The van der Waals surface area contributed by atoms with E-state index in [0.29, 0.717) is 24.5 Å². The highest BCUT2D eigenvalue weighted by Crippen LogP contribution is 2.34. The first-order chi connectivity index (χ1) is 8.83. The Hall–Kier alpha value is -1.55. The lowest BCUT2D eigenvalue weighted by Gasteiger charge is -2.18. The number of nitrogens with zero attached hydrogens (tertiary/aromatic N) is 2. The van der Waals surface area contributed by atoms with Crippen molar-refractivity contribution in [3.05, 3.63) is 34.9 Å². The predicted molar refractivity (Wildman–Crippen MR) is 71.6 cm³/mol. The second-order valence-corrected chi connectivity index (χ2v) is 5.52. The molecule has 0 bridgehead atoms. The predicted octanol–water partition coefficient (Wildman–Crippen LogP) is 3.43. The molecule has 1 aliphatic carbocycles. The first kappa shape index (κ1) is 11.5.